The number of carbonyl (C=O) groups is 3. The highest BCUT2D eigenvalue weighted by Gasteiger charge is 2.52. The van der Waals surface area contributed by atoms with E-state index in [0.29, 0.717) is 5.56 Å². The average Bonchev–Trinajstić information content (AvgIpc) is 3.13. The van der Waals surface area contributed by atoms with E-state index >= 15 is 0 Å². The number of benzene rings is 1. The van der Waals surface area contributed by atoms with E-state index in [4.69, 9.17) is 9.47 Å². The Hall–Kier alpha value is -2.26. The van der Waals surface area contributed by atoms with Gasteiger partial charge in [0.05, 0.1) is 18.4 Å². The van der Waals surface area contributed by atoms with Crippen LogP contribution in [0.4, 0.5) is 0 Å². The number of aliphatic carboxylic acids is 1. The molecule has 0 spiro atoms. The largest absolute Gasteiger partial charge is 0.480 e. The lowest BCUT2D eigenvalue weighted by Crippen LogP contribution is -2.60. The van der Waals surface area contributed by atoms with Gasteiger partial charge in [-0.15, -0.1) is 11.8 Å². The number of carboxylic acid groups (broad SMARTS) is 1. The molecule has 0 bridgehead atoms. The number of hydrogen-bond acceptors (Lipinski definition) is 11. The number of aliphatic hydroxyl groups excluding tert-OH is 4. The van der Waals surface area contributed by atoms with Gasteiger partial charge in [0, 0.05) is 4.75 Å². The standard InChI is InChI=1S/C22H30N2O10S/c1-22(2)17(20(32)34-21-16(29)15(28)14(27)11(9-25)33-21)24-18(35-22)13(19(30)31)23-12(26)8-10-6-4-3-5-7-10/h3-7,11,13-18,21,24-25,27-29H,8-9H2,1-2H3,(H,23,26)(H,30,31)/t11-,13+,14-,15+,16-,17+,18-,21+/m1/s1. The van der Waals surface area contributed by atoms with Gasteiger partial charge in [-0.2, -0.15) is 0 Å². The normalized spacial score (nSPS) is 33.0. The van der Waals surface area contributed by atoms with Gasteiger partial charge in [0.1, 0.15) is 30.5 Å². The van der Waals surface area contributed by atoms with Crippen LogP contribution in [-0.4, -0.2) is 103 Å². The maximum absolute atomic E-state index is 12.9. The Balaban J connectivity index is 1.67. The third-order valence-corrected chi connectivity index (χ3v) is 7.37. The van der Waals surface area contributed by atoms with E-state index in [2.05, 4.69) is 10.6 Å². The van der Waals surface area contributed by atoms with Crippen molar-refractivity contribution in [2.75, 3.05) is 6.61 Å². The Bertz CT molecular complexity index is 915. The molecule has 2 aliphatic rings. The summed E-state index contributed by atoms with van der Waals surface area (Å²) in [5.41, 5.74) is 0.711. The molecule has 2 aliphatic heterocycles. The fourth-order valence-corrected chi connectivity index (χ4v) is 5.41. The minimum absolute atomic E-state index is 0.0199. The molecule has 12 nitrogen and oxygen atoms in total. The van der Waals surface area contributed by atoms with Crippen molar-refractivity contribution in [2.24, 2.45) is 0 Å². The number of nitrogens with one attached hydrogen (secondary N) is 2. The van der Waals surface area contributed by atoms with Gasteiger partial charge in [0.25, 0.3) is 0 Å². The maximum atomic E-state index is 12.9. The van der Waals surface area contributed by atoms with Crippen LogP contribution in [0.15, 0.2) is 30.3 Å². The fourth-order valence-electron chi connectivity index (χ4n) is 3.93. The summed E-state index contributed by atoms with van der Waals surface area (Å²) < 4.78 is 9.54. The number of aliphatic hydroxyl groups is 4. The van der Waals surface area contributed by atoms with Gasteiger partial charge in [-0.05, 0) is 19.4 Å². The lowest BCUT2D eigenvalue weighted by Gasteiger charge is -2.39. The molecular weight excluding hydrogens is 484 g/mol. The summed E-state index contributed by atoms with van der Waals surface area (Å²) in [6.07, 6.45) is -8.04. The summed E-state index contributed by atoms with van der Waals surface area (Å²) in [6.45, 7) is 2.66. The van der Waals surface area contributed by atoms with Crippen LogP contribution < -0.4 is 10.6 Å². The first kappa shape index (κ1) is 27.3. The van der Waals surface area contributed by atoms with Gasteiger partial charge in [0.2, 0.25) is 12.2 Å². The molecule has 35 heavy (non-hydrogen) atoms. The van der Waals surface area contributed by atoms with Crippen LogP contribution in [0.3, 0.4) is 0 Å². The molecule has 8 atom stereocenters. The van der Waals surface area contributed by atoms with E-state index in [0.717, 1.165) is 11.8 Å². The first-order chi connectivity index (χ1) is 16.4. The van der Waals surface area contributed by atoms with E-state index in [9.17, 15) is 39.9 Å². The minimum atomic E-state index is -1.77. The van der Waals surface area contributed by atoms with Crippen LogP contribution >= 0.6 is 11.8 Å². The van der Waals surface area contributed by atoms with E-state index in [1.54, 1.807) is 44.2 Å². The van der Waals surface area contributed by atoms with E-state index in [1.807, 2.05) is 0 Å². The number of amides is 1. The molecule has 2 saturated heterocycles. The summed E-state index contributed by atoms with van der Waals surface area (Å²) in [5, 5.41) is 53.4. The van der Waals surface area contributed by atoms with E-state index in [1.165, 1.54) is 0 Å². The predicted octanol–water partition coefficient (Wildman–Crippen LogP) is -2.05. The van der Waals surface area contributed by atoms with Crippen molar-refractivity contribution in [3.05, 3.63) is 35.9 Å². The molecule has 0 radical (unpaired) electrons. The quantitative estimate of drug-likeness (QED) is 0.188. The summed E-state index contributed by atoms with van der Waals surface area (Å²) >= 11 is 1.12. The number of esters is 1. The first-order valence-electron chi connectivity index (χ1n) is 11.0. The molecular formula is C22H30N2O10S. The topological polar surface area (TPSA) is 195 Å². The number of ether oxygens (including phenoxy) is 2. The number of thioether (sulfide) groups is 1. The zero-order chi connectivity index (χ0) is 25.9. The molecule has 13 heteroatoms. The number of hydrogen-bond donors (Lipinski definition) is 7. The highest BCUT2D eigenvalue weighted by Crippen LogP contribution is 2.40. The van der Waals surface area contributed by atoms with Gasteiger partial charge in [0.15, 0.2) is 6.04 Å². The molecule has 2 heterocycles. The number of rotatable bonds is 8. The second-order valence-corrected chi connectivity index (χ2v) is 10.7. The Kier molecular flexibility index (Phi) is 8.75. The zero-order valence-electron chi connectivity index (χ0n) is 19.1. The highest BCUT2D eigenvalue weighted by atomic mass is 32.2. The lowest BCUT2D eigenvalue weighted by molar-refractivity contribution is -0.293. The van der Waals surface area contributed by atoms with Crippen LogP contribution in [0.25, 0.3) is 0 Å². The molecule has 1 aromatic carbocycles. The second-order valence-electron chi connectivity index (χ2n) is 8.92. The van der Waals surface area contributed by atoms with Gasteiger partial charge < -0.3 is 40.3 Å². The van der Waals surface area contributed by atoms with Crippen molar-refractivity contribution in [3.8, 4) is 0 Å². The van der Waals surface area contributed by atoms with Crippen molar-refractivity contribution in [2.45, 2.75) is 73.2 Å². The maximum Gasteiger partial charge on any atom is 0.328 e. The van der Waals surface area contributed by atoms with Gasteiger partial charge >= 0.3 is 11.9 Å². The van der Waals surface area contributed by atoms with Crippen LogP contribution in [0.2, 0.25) is 0 Å². The Morgan fingerprint density at radius 2 is 1.80 bits per heavy atom. The Morgan fingerprint density at radius 3 is 2.40 bits per heavy atom. The summed E-state index contributed by atoms with van der Waals surface area (Å²) in [6, 6.07) is 6.38. The van der Waals surface area contributed by atoms with Gasteiger partial charge in [-0.3, -0.25) is 14.9 Å². The van der Waals surface area contributed by atoms with E-state index < -0.39 is 77.4 Å². The molecule has 0 saturated carbocycles. The van der Waals surface area contributed by atoms with Crippen LogP contribution in [0.5, 0.6) is 0 Å². The molecule has 3 rings (SSSR count). The molecule has 1 amide bonds. The molecule has 0 aliphatic carbocycles. The van der Waals surface area contributed by atoms with E-state index in [-0.39, 0.29) is 6.42 Å². The molecule has 2 fully saturated rings. The minimum Gasteiger partial charge on any atom is -0.480 e. The summed E-state index contributed by atoms with van der Waals surface area (Å²) in [5.74, 6) is -2.71. The van der Waals surface area contributed by atoms with Crippen molar-refractivity contribution >= 4 is 29.6 Å². The SMILES string of the molecule is CC1(C)S[C@H]([C@H](NC(=O)Cc2ccccc2)C(=O)O)N[C@H]1C(=O)O[C@@H]1O[C@H](CO)[C@@H](O)[C@H](O)[C@H]1O. The Morgan fingerprint density at radius 1 is 1.14 bits per heavy atom. The smallest absolute Gasteiger partial charge is 0.328 e. The third-order valence-electron chi connectivity index (χ3n) is 5.87. The zero-order valence-corrected chi connectivity index (χ0v) is 19.9. The number of carbonyl (C=O) groups excluding carboxylic acids is 2. The lowest BCUT2D eigenvalue weighted by atomic mass is 9.99. The molecule has 1 aromatic rings. The molecule has 0 aromatic heterocycles. The van der Waals surface area contributed by atoms with Crippen molar-refractivity contribution in [1.29, 1.82) is 0 Å². The van der Waals surface area contributed by atoms with Crippen molar-refractivity contribution in [1.82, 2.24) is 10.6 Å². The Labute approximate surface area is 205 Å². The van der Waals surface area contributed by atoms with Crippen molar-refractivity contribution in [3.63, 3.8) is 0 Å². The highest BCUT2D eigenvalue weighted by molar-refractivity contribution is 8.01. The van der Waals surface area contributed by atoms with Crippen LogP contribution in [0.1, 0.15) is 19.4 Å². The second kappa shape index (κ2) is 11.2. The third kappa shape index (κ3) is 6.30. The van der Waals surface area contributed by atoms with Gasteiger partial charge in [-0.25, -0.2) is 4.79 Å². The van der Waals surface area contributed by atoms with Crippen LogP contribution in [-0.2, 0) is 30.3 Å². The van der Waals surface area contributed by atoms with Crippen LogP contribution in [0, 0.1) is 0 Å². The monoisotopic (exact) mass is 514 g/mol. The average molecular weight is 515 g/mol. The molecule has 194 valence electrons. The number of carboxylic acids is 1. The van der Waals surface area contributed by atoms with Crippen molar-refractivity contribution < 1.29 is 49.4 Å². The summed E-state index contributed by atoms with van der Waals surface area (Å²) in [4.78, 5) is 37.3. The molecule has 7 N–H and O–H groups in total. The van der Waals surface area contributed by atoms with Gasteiger partial charge in [-0.1, -0.05) is 30.3 Å². The molecule has 0 unspecified atom stereocenters. The fraction of sp³-hybridized carbons (Fsp3) is 0.591. The predicted molar refractivity (Wildman–Crippen MR) is 122 cm³/mol. The summed E-state index contributed by atoms with van der Waals surface area (Å²) in [7, 11) is 0. The first-order valence-corrected chi connectivity index (χ1v) is 11.8.